The van der Waals surface area contributed by atoms with Crippen molar-refractivity contribution in [1.82, 2.24) is 13.7 Å². The molecule has 2 aromatic heterocycles. The van der Waals surface area contributed by atoms with E-state index in [1.807, 2.05) is 0 Å². The van der Waals surface area contributed by atoms with Crippen LogP contribution < -0.4 is 0 Å². The van der Waals surface area contributed by atoms with Crippen LogP contribution in [0.4, 0.5) is 0 Å². The molecule has 0 aromatic carbocycles. The number of aromatic nitrogens is 2. The third-order valence-electron chi connectivity index (χ3n) is 3.27. The normalized spacial score (nSPS) is 21.5. The number of thiazole rings is 1. The van der Waals surface area contributed by atoms with Gasteiger partial charge in [-0.25, -0.2) is 13.4 Å². The first-order chi connectivity index (χ1) is 9.05. The van der Waals surface area contributed by atoms with Gasteiger partial charge in [0.15, 0.2) is 15.1 Å². The molecular weight excluding hydrogens is 310 g/mol. The van der Waals surface area contributed by atoms with Crippen molar-refractivity contribution in [2.24, 2.45) is 0 Å². The average Bonchev–Trinajstić information content (AvgIpc) is 3.01. The van der Waals surface area contributed by atoms with Gasteiger partial charge >= 0.3 is 0 Å². The molecule has 1 saturated heterocycles. The summed E-state index contributed by atoms with van der Waals surface area (Å²) in [5, 5.41) is 11.0. The Hall–Kier alpha value is -0.670. The van der Waals surface area contributed by atoms with Crippen LogP contribution >= 0.6 is 22.9 Å². The van der Waals surface area contributed by atoms with E-state index >= 15 is 0 Å². The third kappa shape index (κ3) is 1.98. The number of aliphatic hydroxyl groups is 1. The maximum absolute atomic E-state index is 12.7. The lowest BCUT2D eigenvalue weighted by molar-refractivity contribution is 0.213. The standard InChI is InChI=1S/C10H12ClN3O3S2/c11-8-9(13-4-5-18-10(13)12-8)19(16,17)14-3-1-2-7(14)6-15/h4-5,7,15H,1-3,6H2/t7-/m0/s1. The van der Waals surface area contributed by atoms with Crippen molar-refractivity contribution in [3.63, 3.8) is 0 Å². The molecule has 3 heterocycles. The molecule has 1 aliphatic rings. The summed E-state index contributed by atoms with van der Waals surface area (Å²) in [6.07, 6.45) is 3.04. The molecule has 0 radical (unpaired) electrons. The highest BCUT2D eigenvalue weighted by Gasteiger charge is 2.38. The van der Waals surface area contributed by atoms with Crippen molar-refractivity contribution in [2.45, 2.75) is 23.9 Å². The van der Waals surface area contributed by atoms with E-state index in [0.717, 1.165) is 6.42 Å². The molecule has 0 unspecified atom stereocenters. The quantitative estimate of drug-likeness (QED) is 0.921. The topological polar surface area (TPSA) is 74.9 Å². The van der Waals surface area contributed by atoms with E-state index in [9.17, 15) is 13.5 Å². The van der Waals surface area contributed by atoms with Crippen LogP contribution in [-0.2, 0) is 10.0 Å². The summed E-state index contributed by atoms with van der Waals surface area (Å²) in [7, 11) is -3.74. The van der Waals surface area contributed by atoms with Gasteiger partial charge < -0.3 is 5.11 Å². The second kappa shape index (κ2) is 4.71. The molecule has 3 rings (SSSR count). The Morgan fingerprint density at radius 1 is 1.58 bits per heavy atom. The van der Waals surface area contributed by atoms with Gasteiger partial charge in [-0.05, 0) is 12.8 Å². The number of hydrogen-bond acceptors (Lipinski definition) is 5. The molecule has 9 heteroatoms. The van der Waals surface area contributed by atoms with Crippen molar-refractivity contribution in [2.75, 3.05) is 13.2 Å². The lowest BCUT2D eigenvalue weighted by Gasteiger charge is -2.21. The maximum atomic E-state index is 12.7. The molecule has 0 saturated carbocycles. The predicted molar refractivity (Wildman–Crippen MR) is 72.1 cm³/mol. The Morgan fingerprint density at radius 3 is 3.11 bits per heavy atom. The summed E-state index contributed by atoms with van der Waals surface area (Å²) < 4.78 is 28.1. The van der Waals surface area contributed by atoms with Crippen molar-refractivity contribution in [3.8, 4) is 0 Å². The van der Waals surface area contributed by atoms with E-state index in [-0.39, 0.29) is 22.8 Å². The summed E-state index contributed by atoms with van der Waals surface area (Å²) in [6.45, 7) is 0.226. The molecule has 1 N–H and O–H groups in total. The van der Waals surface area contributed by atoms with Crippen molar-refractivity contribution in [3.05, 3.63) is 16.7 Å². The summed E-state index contributed by atoms with van der Waals surface area (Å²) in [5.41, 5.74) is 0. The Bertz CT molecular complexity index is 709. The molecule has 0 aliphatic carbocycles. The van der Waals surface area contributed by atoms with Crippen LogP contribution in [0.3, 0.4) is 0 Å². The van der Waals surface area contributed by atoms with E-state index < -0.39 is 10.0 Å². The van der Waals surface area contributed by atoms with E-state index in [2.05, 4.69) is 4.98 Å². The number of imidazole rings is 1. The highest BCUT2D eigenvalue weighted by Crippen LogP contribution is 2.31. The van der Waals surface area contributed by atoms with Gasteiger partial charge in [0.2, 0.25) is 0 Å². The SMILES string of the molecule is O=S(=O)(c1c(Cl)nc2sccn12)N1CCC[C@H]1CO. The Morgan fingerprint density at radius 2 is 2.37 bits per heavy atom. The second-order valence-electron chi connectivity index (χ2n) is 4.36. The molecule has 104 valence electrons. The molecule has 2 aromatic rings. The first-order valence-corrected chi connectivity index (χ1v) is 8.49. The van der Waals surface area contributed by atoms with Crippen molar-refractivity contribution >= 4 is 37.9 Å². The average molecular weight is 322 g/mol. The van der Waals surface area contributed by atoms with Gasteiger partial charge in [0.1, 0.15) is 0 Å². The summed E-state index contributed by atoms with van der Waals surface area (Å²) in [4.78, 5) is 4.58. The van der Waals surface area contributed by atoms with Crippen LogP contribution in [0.5, 0.6) is 0 Å². The fourth-order valence-corrected chi connectivity index (χ4v) is 5.48. The minimum Gasteiger partial charge on any atom is -0.395 e. The van der Waals surface area contributed by atoms with Crippen LogP contribution in [0.25, 0.3) is 4.96 Å². The van der Waals surface area contributed by atoms with E-state index in [1.54, 1.807) is 11.6 Å². The summed E-state index contributed by atoms with van der Waals surface area (Å²) >= 11 is 7.29. The highest BCUT2D eigenvalue weighted by atomic mass is 35.5. The zero-order valence-electron chi connectivity index (χ0n) is 9.86. The van der Waals surface area contributed by atoms with Gasteiger partial charge in [-0.2, -0.15) is 4.31 Å². The van der Waals surface area contributed by atoms with Crippen molar-refractivity contribution in [1.29, 1.82) is 0 Å². The van der Waals surface area contributed by atoms with E-state index in [1.165, 1.54) is 20.0 Å². The largest absolute Gasteiger partial charge is 0.395 e. The van der Waals surface area contributed by atoms with Gasteiger partial charge in [-0.3, -0.25) is 4.40 Å². The Kier molecular flexibility index (Phi) is 3.30. The molecule has 1 atom stereocenters. The minimum atomic E-state index is -3.74. The van der Waals surface area contributed by atoms with Gasteiger partial charge in [0.25, 0.3) is 10.0 Å². The van der Waals surface area contributed by atoms with E-state index in [4.69, 9.17) is 11.6 Å². The number of fused-ring (bicyclic) bond motifs is 1. The van der Waals surface area contributed by atoms with Crippen LogP contribution in [0, 0.1) is 0 Å². The lowest BCUT2D eigenvalue weighted by atomic mass is 10.2. The molecule has 6 nitrogen and oxygen atoms in total. The van der Waals surface area contributed by atoms with Gasteiger partial charge in [-0.1, -0.05) is 11.6 Å². The Balaban J connectivity index is 2.14. The summed E-state index contributed by atoms with van der Waals surface area (Å²) in [6, 6.07) is -0.370. The molecule has 1 fully saturated rings. The van der Waals surface area contributed by atoms with E-state index in [0.29, 0.717) is 17.9 Å². The van der Waals surface area contributed by atoms with Crippen LogP contribution in [-0.4, -0.2) is 46.4 Å². The number of hydrogen-bond donors (Lipinski definition) is 1. The van der Waals surface area contributed by atoms with Crippen LogP contribution in [0.1, 0.15) is 12.8 Å². The van der Waals surface area contributed by atoms with Gasteiger partial charge in [0, 0.05) is 24.2 Å². The number of halogens is 1. The zero-order chi connectivity index (χ0) is 13.6. The number of nitrogens with zero attached hydrogens (tertiary/aromatic N) is 3. The predicted octanol–water partition coefficient (Wildman–Crippen LogP) is 1.19. The molecule has 0 spiro atoms. The summed E-state index contributed by atoms with van der Waals surface area (Å²) in [5.74, 6) is 0. The fourth-order valence-electron chi connectivity index (χ4n) is 2.39. The third-order valence-corrected chi connectivity index (χ3v) is 6.37. The first-order valence-electron chi connectivity index (χ1n) is 5.79. The zero-order valence-corrected chi connectivity index (χ0v) is 12.2. The maximum Gasteiger partial charge on any atom is 0.262 e. The minimum absolute atomic E-state index is 0.00855. The first kappa shape index (κ1) is 13.3. The molecular formula is C10H12ClN3O3S2. The molecule has 19 heavy (non-hydrogen) atoms. The Labute approximate surface area is 119 Å². The number of sulfonamides is 1. The van der Waals surface area contributed by atoms with Gasteiger partial charge in [-0.15, -0.1) is 11.3 Å². The molecule has 0 bridgehead atoms. The molecule has 1 aliphatic heterocycles. The lowest BCUT2D eigenvalue weighted by Crippen LogP contribution is -2.38. The number of rotatable bonds is 3. The highest BCUT2D eigenvalue weighted by molar-refractivity contribution is 7.89. The van der Waals surface area contributed by atoms with Crippen molar-refractivity contribution < 1.29 is 13.5 Å². The second-order valence-corrected chi connectivity index (χ2v) is 7.39. The van der Waals surface area contributed by atoms with Crippen LogP contribution in [0.2, 0.25) is 5.15 Å². The van der Waals surface area contributed by atoms with Gasteiger partial charge in [0.05, 0.1) is 6.61 Å². The molecule has 0 amide bonds. The number of aliphatic hydroxyl groups excluding tert-OH is 1. The monoisotopic (exact) mass is 321 g/mol. The van der Waals surface area contributed by atoms with Crippen LogP contribution in [0.15, 0.2) is 16.6 Å². The smallest absolute Gasteiger partial charge is 0.262 e. The fraction of sp³-hybridized carbons (Fsp3) is 0.500.